The van der Waals surface area contributed by atoms with Crippen molar-refractivity contribution in [3.8, 4) is 22.6 Å². The molecule has 0 atom stereocenters. The first kappa shape index (κ1) is 19.7. The molecule has 30 heavy (non-hydrogen) atoms. The van der Waals surface area contributed by atoms with Crippen molar-refractivity contribution in [3.05, 3.63) is 54.6 Å². The summed E-state index contributed by atoms with van der Waals surface area (Å²) >= 11 is 0. The molecule has 0 saturated heterocycles. The highest BCUT2D eigenvalue weighted by Crippen LogP contribution is 2.43. The number of benzene rings is 2. The molecule has 7 nitrogen and oxygen atoms in total. The van der Waals surface area contributed by atoms with Gasteiger partial charge in [-0.15, -0.1) is 0 Å². The summed E-state index contributed by atoms with van der Waals surface area (Å²) in [7, 11) is 0. The van der Waals surface area contributed by atoms with Crippen LogP contribution in [-0.4, -0.2) is 42.4 Å². The number of fused-ring (bicyclic) bond motifs is 1. The molecule has 0 fully saturated rings. The van der Waals surface area contributed by atoms with E-state index in [4.69, 9.17) is 9.47 Å². The van der Waals surface area contributed by atoms with Crippen LogP contribution in [0.1, 0.15) is 19.8 Å². The van der Waals surface area contributed by atoms with Gasteiger partial charge in [0.15, 0.2) is 17.5 Å². The van der Waals surface area contributed by atoms with E-state index in [9.17, 15) is 9.59 Å². The van der Waals surface area contributed by atoms with Crippen LogP contribution in [0.4, 0.5) is 5.69 Å². The van der Waals surface area contributed by atoms with Crippen molar-refractivity contribution in [3.63, 3.8) is 0 Å². The lowest BCUT2D eigenvalue weighted by molar-refractivity contribution is -0.133. The van der Waals surface area contributed by atoms with Gasteiger partial charge in [0.05, 0.1) is 12.2 Å². The molecule has 2 aromatic carbocycles. The molecule has 2 aliphatic heterocycles. The van der Waals surface area contributed by atoms with Crippen molar-refractivity contribution in [1.82, 2.24) is 4.90 Å². The quantitative estimate of drug-likeness (QED) is 0.605. The van der Waals surface area contributed by atoms with Gasteiger partial charge in [-0.05, 0) is 24.1 Å². The fraction of sp³-hybridized carbons (Fsp3) is 0.261. The molecule has 0 aliphatic carbocycles. The Hall–Kier alpha value is -3.61. The SMILES string of the molecule is CCCCN1CCN=C1Nc1c(-c2ccccc2)ccc2c1OC(=O)/C=C/C(=O)O2. The standard InChI is InChI=1S/C23H23N3O4/c1-2-3-14-26-15-13-24-23(26)25-21-17(16-7-5-4-6-8-16)9-10-18-22(21)30-20(28)12-11-19(27)29-18/h4-12H,2-3,13-15H2,1H3,(H,24,25)/b12-11+. The zero-order valence-electron chi connectivity index (χ0n) is 16.8. The van der Waals surface area contributed by atoms with Crippen molar-refractivity contribution < 1.29 is 19.1 Å². The zero-order valence-corrected chi connectivity index (χ0v) is 16.8. The van der Waals surface area contributed by atoms with Crippen LogP contribution in [0.25, 0.3) is 11.1 Å². The fourth-order valence-electron chi connectivity index (χ4n) is 3.42. The van der Waals surface area contributed by atoms with Gasteiger partial charge in [-0.3, -0.25) is 4.99 Å². The maximum atomic E-state index is 12.2. The lowest BCUT2D eigenvalue weighted by Crippen LogP contribution is -2.34. The van der Waals surface area contributed by atoms with E-state index in [-0.39, 0.29) is 11.5 Å². The van der Waals surface area contributed by atoms with Gasteiger partial charge >= 0.3 is 11.9 Å². The number of nitrogens with one attached hydrogen (secondary N) is 1. The number of hydrogen-bond donors (Lipinski definition) is 1. The Morgan fingerprint density at radius 3 is 2.57 bits per heavy atom. The van der Waals surface area contributed by atoms with Gasteiger partial charge in [-0.1, -0.05) is 43.7 Å². The first-order valence-corrected chi connectivity index (χ1v) is 10.1. The molecular weight excluding hydrogens is 382 g/mol. The number of carbonyl (C=O) groups excluding carboxylic acids is 2. The summed E-state index contributed by atoms with van der Waals surface area (Å²) in [6.07, 6.45) is 4.25. The summed E-state index contributed by atoms with van der Waals surface area (Å²) in [5, 5.41) is 3.36. The third kappa shape index (κ3) is 4.20. The highest BCUT2D eigenvalue weighted by molar-refractivity contribution is 6.03. The van der Waals surface area contributed by atoms with Crippen molar-refractivity contribution in [2.75, 3.05) is 25.0 Å². The molecule has 0 spiro atoms. The molecule has 0 unspecified atom stereocenters. The molecule has 0 saturated carbocycles. The summed E-state index contributed by atoms with van der Waals surface area (Å²) in [6.45, 7) is 4.56. The number of esters is 2. The Balaban J connectivity index is 1.80. The van der Waals surface area contributed by atoms with Crippen molar-refractivity contribution in [2.45, 2.75) is 19.8 Å². The fourth-order valence-corrected chi connectivity index (χ4v) is 3.42. The Bertz CT molecular complexity index is 1010. The van der Waals surface area contributed by atoms with Crippen molar-refractivity contribution in [2.24, 2.45) is 4.99 Å². The van der Waals surface area contributed by atoms with E-state index < -0.39 is 11.9 Å². The smallest absolute Gasteiger partial charge is 0.336 e. The van der Waals surface area contributed by atoms with Crippen molar-refractivity contribution in [1.29, 1.82) is 0 Å². The monoisotopic (exact) mass is 405 g/mol. The molecule has 154 valence electrons. The molecular formula is C23H23N3O4. The number of rotatable bonds is 5. The van der Waals surface area contributed by atoms with Crippen LogP contribution >= 0.6 is 0 Å². The average Bonchev–Trinajstić information content (AvgIpc) is 3.19. The Morgan fingerprint density at radius 1 is 1.03 bits per heavy atom. The predicted molar refractivity (Wildman–Crippen MR) is 115 cm³/mol. The maximum Gasteiger partial charge on any atom is 0.336 e. The van der Waals surface area contributed by atoms with E-state index in [1.807, 2.05) is 36.4 Å². The van der Waals surface area contributed by atoms with Crippen LogP contribution in [0.5, 0.6) is 11.5 Å². The van der Waals surface area contributed by atoms with Gasteiger partial charge in [0.2, 0.25) is 0 Å². The van der Waals surface area contributed by atoms with Crippen LogP contribution < -0.4 is 14.8 Å². The highest BCUT2D eigenvalue weighted by atomic mass is 16.6. The molecule has 2 aliphatic rings. The van der Waals surface area contributed by atoms with E-state index in [0.717, 1.165) is 49.2 Å². The lowest BCUT2D eigenvalue weighted by atomic mass is 10.0. The summed E-state index contributed by atoms with van der Waals surface area (Å²) in [5.41, 5.74) is 2.28. The predicted octanol–water partition coefficient (Wildman–Crippen LogP) is 3.62. The Morgan fingerprint density at radius 2 is 1.80 bits per heavy atom. The maximum absolute atomic E-state index is 12.2. The largest absolute Gasteiger partial charge is 0.419 e. The number of aliphatic imine (C=N–C) groups is 1. The van der Waals surface area contributed by atoms with Gasteiger partial charge in [0.1, 0.15) is 0 Å². The number of carbonyl (C=O) groups is 2. The molecule has 1 N–H and O–H groups in total. The average molecular weight is 405 g/mol. The molecule has 0 radical (unpaired) electrons. The van der Waals surface area contributed by atoms with Crippen molar-refractivity contribution >= 4 is 23.6 Å². The minimum Gasteiger partial charge on any atom is -0.419 e. The first-order chi connectivity index (χ1) is 14.7. The lowest BCUT2D eigenvalue weighted by Gasteiger charge is -2.24. The van der Waals surface area contributed by atoms with Crippen LogP contribution in [0.15, 0.2) is 59.6 Å². The summed E-state index contributed by atoms with van der Waals surface area (Å²) < 4.78 is 10.9. The minimum absolute atomic E-state index is 0.170. The molecule has 2 heterocycles. The van der Waals surface area contributed by atoms with E-state index >= 15 is 0 Å². The molecule has 0 aromatic heterocycles. The summed E-state index contributed by atoms with van der Waals surface area (Å²) in [5.74, 6) is -0.205. The number of unbranched alkanes of at least 4 members (excludes halogenated alkanes) is 1. The zero-order chi connectivity index (χ0) is 20.9. The van der Waals surface area contributed by atoms with Gasteiger partial charge in [0.25, 0.3) is 0 Å². The van der Waals surface area contributed by atoms with E-state index in [2.05, 4.69) is 22.1 Å². The van der Waals surface area contributed by atoms with Crippen LogP contribution in [0.3, 0.4) is 0 Å². The number of ether oxygens (including phenoxy) is 2. The third-order valence-corrected chi connectivity index (χ3v) is 4.92. The highest BCUT2D eigenvalue weighted by Gasteiger charge is 2.25. The van der Waals surface area contributed by atoms with Gasteiger partial charge in [0, 0.05) is 30.8 Å². The van der Waals surface area contributed by atoms with Gasteiger partial charge in [-0.25, -0.2) is 9.59 Å². The Kier molecular flexibility index (Phi) is 5.79. The third-order valence-electron chi connectivity index (χ3n) is 4.92. The van der Waals surface area contributed by atoms with Crippen LogP contribution in [0, 0.1) is 0 Å². The van der Waals surface area contributed by atoms with Crippen LogP contribution in [0.2, 0.25) is 0 Å². The normalized spacial score (nSPS) is 16.7. The Labute approximate surface area is 175 Å². The topological polar surface area (TPSA) is 80.2 Å². The van der Waals surface area contributed by atoms with Crippen LogP contribution in [-0.2, 0) is 9.59 Å². The van der Waals surface area contributed by atoms with Gasteiger partial charge < -0.3 is 19.7 Å². The molecule has 2 aromatic rings. The number of hydrogen-bond acceptors (Lipinski definition) is 7. The van der Waals surface area contributed by atoms with E-state index in [1.165, 1.54) is 0 Å². The molecule has 4 rings (SSSR count). The molecule has 0 amide bonds. The second-order valence-electron chi connectivity index (χ2n) is 7.03. The number of anilines is 1. The number of nitrogens with zero attached hydrogens (tertiary/aromatic N) is 2. The first-order valence-electron chi connectivity index (χ1n) is 10.1. The summed E-state index contributed by atoms with van der Waals surface area (Å²) in [6, 6.07) is 13.2. The second kappa shape index (κ2) is 8.82. The second-order valence-corrected chi connectivity index (χ2v) is 7.03. The minimum atomic E-state index is -0.641. The summed E-state index contributed by atoms with van der Waals surface area (Å²) in [4.78, 5) is 30.9. The van der Waals surface area contributed by atoms with E-state index in [0.29, 0.717) is 18.2 Å². The van der Waals surface area contributed by atoms with Gasteiger partial charge in [-0.2, -0.15) is 0 Å². The van der Waals surface area contributed by atoms with E-state index in [1.54, 1.807) is 6.07 Å². The number of guanidine groups is 1. The molecule has 7 heteroatoms. The molecule has 0 bridgehead atoms.